The summed E-state index contributed by atoms with van der Waals surface area (Å²) >= 11 is 0. The largest absolute Gasteiger partial charge is 0.336 e. The van der Waals surface area contributed by atoms with Crippen LogP contribution in [-0.4, -0.2) is 50.7 Å². The smallest absolute Gasteiger partial charge is 0.223 e. The third-order valence-electron chi connectivity index (χ3n) is 8.91. The van der Waals surface area contributed by atoms with E-state index in [2.05, 4.69) is 35.8 Å². The Hall–Kier alpha value is -1.36. The molecule has 4 atom stereocenters. The number of amides is 1. The lowest BCUT2D eigenvalue weighted by Gasteiger charge is -2.57. The molecule has 0 radical (unpaired) electrons. The van der Waals surface area contributed by atoms with E-state index in [-0.39, 0.29) is 0 Å². The molecule has 0 aromatic carbocycles. The maximum absolute atomic E-state index is 13.1. The van der Waals surface area contributed by atoms with Gasteiger partial charge in [-0.05, 0) is 57.3 Å². The second-order valence-electron chi connectivity index (χ2n) is 10.8. The molecule has 2 bridgehead atoms. The molecule has 0 spiro atoms. The molecule has 30 heavy (non-hydrogen) atoms. The quantitative estimate of drug-likeness (QED) is 0.744. The lowest BCUT2D eigenvalue weighted by atomic mass is 9.69. The molecule has 1 amide bonds. The van der Waals surface area contributed by atoms with E-state index in [1.165, 1.54) is 68.3 Å². The number of fused-ring (bicyclic) bond motifs is 4. The minimum absolute atomic E-state index is 0.467. The van der Waals surface area contributed by atoms with Crippen LogP contribution in [0.15, 0.2) is 0 Å². The number of hydrogen-bond donors (Lipinski definition) is 0. The maximum Gasteiger partial charge on any atom is 0.223 e. The molecule has 166 valence electrons. The van der Waals surface area contributed by atoms with Gasteiger partial charge in [0.15, 0.2) is 0 Å². The summed E-state index contributed by atoms with van der Waals surface area (Å²) in [5.41, 5.74) is 3.90. The number of piperidine rings is 3. The van der Waals surface area contributed by atoms with Crippen LogP contribution in [0.25, 0.3) is 0 Å². The summed E-state index contributed by atoms with van der Waals surface area (Å²) < 4.78 is 2.03. The molecule has 1 aromatic heterocycles. The zero-order valence-corrected chi connectivity index (χ0v) is 19.3. The predicted octanol–water partition coefficient (Wildman–Crippen LogP) is 4.21. The van der Waals surface area contributed by atoms with Crippen LogP contribution in [0.1, 0.15) is 81.2 Å². The zero-order valence-electron chi connectivity index (χ0n) is 19.3. The summed E-state index contributed by atoms with van der Waals surface area (Å²) in [6.07, 6.45) is 12.7. The molecule has 5 rings (SSSR count). The van der Waals surface area contributed by atoms with Crippen molar-refractivity contribution in [1.82, 2.24) is 19.6 Å². The topological polar surface area (TPSA) is 41.4 Å². The summed E-state index contributed by atoms with van der Waals surface area (Å²) in [6.45, 7) is 7.68. The van der Waals surface area contributed by atoms with Crippen LogP contribution in [-0.2, 0) is 18.4 Å². The van der Waals surface area contributed by atoms with Gasteiger partial charge in [-0.3, -0.25) is 14.4 Å². The van der Waals surface area contributed by atoms with Crippen molar-refractivity contribution < 1.29 is 4.79 Å². The Labute approximate surface area is 182 Å². The van der Waals surface area contributed by atoms with Crippen molar-refractivity contribution in [3.63, 3.8) is 0 Å². The third-order valence-corrected chi connectivity index (χ3v) is 8.91. The number of nitrogens with zero attached hydrogens (tertiary/aromatic N) is 4. The third kappa shape index (κ3) is 3.72. The van der Waals surface area contributed by atoms with Crippen molar-refractivity contribution >= 4 is 5.91 Å². The molecule has 0 N–H and O–H groups in total. The van der Waals surface area contributed by atoms with Gasteiger partial charge < -0.3 is 4.90 Å². The average molecular weight is 413 g/mol. The normalized spacial score (nSPS) is 33.0. The number of rotatable bonds is 4. The second-order valence-corrected chi connectivity index (χ2v) is 10.8. The highest BCUT2D eigenvalue weighted by Gasteiger charge is 2.49. The van der Waals surface area contributed by atoms with Gasteiger partial charge in [0.05, 0.1) is 5.69 Å². The fraction of sp³-hybridized carbons (Fsp3) is 0.840. The number of aromatic nitrogens is 2. The summed E-state index contributed by atoms with van der Waals surface area (Å²) in [4.78, 5) is 18.2. The zero-order chi connectivity index (χ0) is 20.8. The van der Waals surface area contributed by atoms with Gasteiger partial charge in [0.1, 0.15) is 0 Å². The molecular formula is C25H40N4O. The van der Waals surface area contributed by atoms with Crippen LogP contribution in [0.5, 0.6) is 0 Å². The summed E-state index contributed by atoms with van der Waals surface area (Å²) in [5, 5.41) is 4.65. The van der Waals surface area contributed by atoms with E-state index < -0.39 is 0 Å². The van der Waals surface area contributed by atoms with E-state index in [9.17, 15) is 4.79 Å². The molecule has 1 saturated carbocycles. The molecule has 4 fully saturated rings. The van der Waals surface area contributed by atoms with Gasteiger partial charge in [-0.2, -0.15) is 5.10 Å². The van der Waals surface area contributed by atoms with Crippen LogP contribution < -0.4 is 0 Å². The second kappa shape index (κ2) is 8.29. The molecule has 5 heteroatoms. The van der Waals surface area contributed by atoms with Gasteiger partial charge >= 0.3 is 0 Å². The van der Waals surface area contributed by atoms with Crippen LogP contribution >= 0.6 is 0 Å². The van der Waals surface area contributed by atoms with Gasteiger partial charge in [-0.15, -0.1) is 0 Å². The van der Waals surface area contributed by atoms with Crippen LogP contribution in [0, 0.1) is 31.6 Å². The summed E-state index contributed by atoms with van der Waals surface area (Å²) in [6, 6.07) is 0.982. The Balaban J connectivity index is 1.38. The first-order valence-corrected chi connectivity index (χ1v) is 12.5. The SMILES string of the molecule is Cc1nn(C)c(C)c1CN1C[C@H]2C[C@@H](C1)[C@H](CC1CCCCC1)N1C(=O)CCC[C@@H]21. The molecular weight excluding hydrogens is 372 g/mol. The number of carbonyl (C=O) groups excluding carboxylic acids is 1. The number of likely N-dealkylation sites (tertiary alicyclic amines) is 1. The Morgan fingerprint density at radius 1 is 1.00 bits per heavy atom. The molecule has 4 heterocycles. The maximum atomic E-state index is 13.1. The lowest BCUT2D eigenvalue weighted by molar-refractivity contribution is -0.154. The molecule has 1 aliphatic carbocycles. The lowest BCUT2D eigenvalue weighted by Crippen LogP contribution is -2.65. The highest BCUT2D eigenvalue weighted by Crippen LogP contribution is 2.45. The van der Waals surface area contributed by atoms with Crippen molar-refractivity contribution in [1.29, 1.82) is 0 Å². The standard InChI is InChI=1S/C25H40N4O/c1-17-22(18(2)27(3)26-17)16-28-14-20-13-21(15-28)24(12-19-8-5-4-6-9-19)29-23(20)10-7-11-25(29)30/h19-21,23-24H,4-16H2,1-3H3/t20-,21+,23+,24+/m1/s1. The van der Waals surface area contributed by atoms with E-state index in [1.54, 1.807) is 0 Å². The van der Waals surface area contributed by atoms with Crippen molar-refractivity contribution in [2.24, 2.45) is 24.8 Å². The highest BCUT2D eigenvalue weighted by molar-refractivity contribution is 5.78. The predicted molar refractivity (Wildman–Crippen MR) is 119 cm³/mol. The molecule has 3 aliphatic heterocycles. The van der Waals surface area contributed by atoms with Crippen molar-refractivity contribution in [3.05, 3.63) is 17.0 Å². The van der Waals surface area contributed by atoms with E-state index in [0.717, 1.165) is 38.4 Å². The van der Waals surface area contributed by atoms with E-state index in [0.29, 0.717) is 29.8 Å². The van der Waals surface area contributed by atoms with Crippen LogP contribution in [0.4, 0.5) is 0 Å². The van der Waals surface area contributed by atoms with Crippen molar-refractivity contribution in [2.75, 3.05) is 13.1 Å². The van der Waals surface area contributed by atoms with Crippen LogP contribution in [0.2, 0.25) is 0 Å². The van der Waals surface area contributed by atoms with Crippen molar-refractivity contribution in [2.45, 2.75) is 96.7 Å². The monoisotopic (exact) mass is 412 g/mol. The molecule has 5 nitrogen and oxygen atoms in total. The fourth-order valence-electron chi connectivity index (χ4n) is 7.34. The summed E-state index contributed by atoms with van der Waals surface area (Å²) in [5.74, 6) is 2.62. The fourth-order valence-corrected chi connectivity index (χ4v) is 7.34. The summed E-state index contributed by atoms with van der Waals surface area (Å²) in [7, 11) is 2.06. The van der Waals surface area contributed by atoms with E-state index >= 15 is 0 Å². The van der Waals surface area contributed by atoms with Crippen molar-refractivity contribution in [3.8, 4) is 0 Å². The Morgan fingerprint density at radius 3 is 2.50 bits per heavy atom. The first-order chi connectivity index (χ1) is 14.5. The Bertz CT molecular complexity index is 780. The molecule has 4 aliphatic rings. The van der Waals surface area contributed by atoms with Gasteiger partial charge in [0.25, 0.3) is 0 Å². The Morgan fingerprint density at radius 2 is 1.77 bits per heavy atom. The average Bonchev–Trinajstić information content (AvgIpc) is 2.98. The van der Waals surface area contributed by atoms with E-state index in [1.807, 2.05) is 4.68 Å². The molecule has 3 saturated heterocycles. The van der Waals surface area contributed by atoms with E-state index in [4.69, 9.17) is 0 Å². The minimum atomic E-state index is 0.467. The highest BCUT2D eigenvalue weighted by atomic mass is 16.2. The van der Waals surface area contributed by atoms with Gasteiger partial charge in [-0.25, -0.2) is 0 Å². The van der Waals surface area contributed by atoms with Gasteiger partial charge in [0.2, 0.25) is 5.91 Å². The molecule has 0 unspecified atom stereocenters. The number of carbonyl (C=O) groups is 1. The van der Waals surface area contributed by atoms with Gasteiger partial charge in [-0.1, -0.05) is 32.1 Å². The first kappa shape index (κ1) is 20.5. The van der Waals surface area contributed by atoms with Crippen LogP contribution in [0.3, 0.4) is 0 Å². The number of hydrogen-bond acceptors (Lipinski definition) is 3. The Kier molecular flexibility index (Phi) is 5.68. The van der Waals surface area contributed by atoms with Gasteiger partial charge in [0, 0.05) is 56.4 Å². The minimum Gasteiger partial charge on any atom is -0.336 e. The number of aryl methyl sites for hydroxylation is 2. The first-order valence-electron chi connectivity index (χ1n) is 12.5. The molecule has 1 aromatic rings.